The molecule has 1 fully saturated rings. The van der Waals surface area contributed by atoms with Crippen LogP contribution in [0.2, 0.25) is 0 Å². The third kappa shape index (κ3) is 3.96. The van der Waals surface area contributed by atoms with E-state index in [0.717, 1.165) is 31.6 Å². The summed E-state index contributed by atoms with van der Waals surface area (Å²) in [5, 5.41) is 0.637. The number of hydrogen-bond donors (Lipinski definition) is 0. The average molecular weight is 303 g/mol. The molecule has 1 aromatic rings. The highest BCUT2D eigenvalue weighted by molar-refractivity contribution is 9.08. The van der Waals surface area contributed by atoms with E-state index in [9.17, 15) is 4.39 Å². The average Bonchev–Trinajstić information content (AvgIpc) is 2.37. The summed E-state index contributed by atoms with van der Waals surface area (Å²) in [5.74, 6) is 0.898. The highest BCUT2D eigenvalue weighted by Crippen LogP contribution is 2.21. The van der Waals surface area contributed by atoms with Gasteiger partial charge in [0.05, 0.1) is 6.61 Å². The smallest absolute Gasteiger partial charge is 0.127 e. The number of halogens is 2. The molecule has 4 heteroatoms. The first kappa shape index (κ1) is 12.8. The fraction of sp³-hybridized carbons (Fsp3) is 0.538. The molecule has 0 radical (unpaired) electrons. The summed E-state index contributed by atoms with van der Waals surface area (Å²) in [6.07, 6.45) is 2.06. The number of rotatable bonds is 4. The number of benzene rings is 1. The summed E-state index contributed by atoms with van der Waals surface area (Å²) >= 11 is 3.31. The van der Waals surface area contributed by atoms with Gasteiger partial charge in [0, 0.05) is 24.6 Å². The Balaban J connectivity index is 1.91. The molecule has 1 heterocycles. The van der Waals surface area contributed by atoms with E-state index in [2.05, 4.69) is 15.9 Å². The Bertz CT molecular complexity index is 364. The maximum Gasteiger partial charge on any atom is 0.127 e. The minimum absolute atomic E-state index is 0.246. The van der Waals surface area contributed by atoms with Crippen LogP contribution >= 0.6 is 15.9 Å². The van der Waals surface area contributed by atoms with E-state index in [4.69, 9.17) is 9.47 Å². The van der Waals surface area contributed by atoms with Crippen LogP contribution in [0.1, 0.15) is 18.4 Å². The summed E-state index contributed by atoms with van der Waals surface area (Å²) < 4.78 is 24.2. The van der Waals surface area contributed by atoms with Gasteiger partial charge in [0.1, 0.15) is 11.6 Å². The molecule has 0 spiro atoms. The standard InChI is InChI=1S/C13H16BrFO2/c14-8-11-5-12(15)7-13(6-11)17-9-10-1-3-16-4-2-10/h5-7,10H,1-4,8-9H2. The number of hydrogen-bond acceptors (Lipinski definition) is 2. The maximum atomic E-state index is 13.3. The van der Waals surface area contributed by atoms with Gasteiger partial charge in [0.25, 0.3) is 0 Å². The second-order valence-corrected chi connectivity index (χ2v) is 4.86. The molecule has 1 saturated heterocycles. The second-order valence-electron chi connectivity index (χ2n) is 4.30. The Kier molecular flexibility index (Phi) is 4.80. The third-order valence-electron chi connectivity index (χ3n) is 2.91. The SMILES string of the molecule is Fc1cc(CBr)cc(OCC2CCOCC2)c1. The predicted molar refractivity (Wildman–Crippen MR) is 68.1 cm³/mol. The molecule has 0 amide bonds. The number of alkyl halides is 1. The summed E-state index contributed by atoms with van der Waals surface area (Å²) in [6.45, 7) is 2.27. The Morgan fingerprint density at radius 2 is 2.06 bits per heavy atom. The molecule has 0 saturated carbocycles. The molecule has 2 rings (SSSR count). The molecule has 1 aromatic carbocycles. The largest absolute Gasteiger partial charge is 0.493 e. The van der Waals surface area contributed by atoms with E-state index in [1.54, 1.807) is 0 Å². The van der Waals surface area contributed by atoms with Gasteiger partial charge in [-0.1, -0.05) is 15.9 Å². The fourth-order valence-corrected chi connectivity index (χ4v) is 2.23. The van der Waals surface area contributed by atoms with Gasteiger partial charge < -0.3 is 9.47 Å². The van der Waals surface area contributed by atoms with E-state index >= 15 is 0 Å². The summed E-state index contributed by atoms with van der Waals surface area (Å²) in [6, 6.07) is 4.82. The zero-order chi connectivity index (χ0) is 12.1. The Labute approximate surface area is 109 Å². The molecular formula is C13H16BrFO2. The van der Waals surface area contributed by atoms with Gasteiger partial charge in [0.15, 0.2) is 0 Å². The predicted octanol–water partition coefficient (Wildman–Crippen LogP) is 3.53. The van der Waals surface area contributed by atoms with Crippen molar-refractivity contribution in [2.75, 3.05) is 19.8 Å². The van der Waals surface area contributed by atoms with E-state index in [0.29, 0.717) is 23.6 Å². The maximum absolute atomic E-state index is 13.3. The van der Waals surface area contributed by atoms with Crippen LogP contribution in [0.5, 0.6) is 5.75 Å². The molecular weight excluding hydrogens is 287 g/mol. The van der Waals surface area contributed by atoms with Crippen LogP contribution in [-0.4, -0.2) is 19.8 Å². The monoisotopic (exact) mass is 302 g/mol. The lowest BCUT2D eigenvalue weighted by molar-refractivity contribution is 0.0497. The van der Waals surface area contributed by atoms with Crippen molar-refractivity contribution in [2.24, 2.45) is 5.92 Å². The zero-order valence-corrected chi connectivity index (χ0v) is 11.2. The molecule has 1 aliphatic heterocycles. The van der Waals surface area contributed by atoms with Gasteiger partial charge in [-0.2, -0.15) is 0 Å². The molecule has 1 aliphatic rings. The molecule has 0 aliphatic carbocycles. The topological polar surface area (TPSA) is 18.5 Å². The molecule has 2 nitrogen and oxygen atoms in total. The van der Waals surface area contributed by atoms with Crippen LogP contribution in [-0.2, 0) is 10.1 Å². The van der Waals surface area contributed by atoms with Crippen molar-refractivity contribution in [1.29, 1.82) is 0 Å². The van der Waals surface area contributed by atoms with Gasteiger partial charge in [-0.15, -0.1) is 0 Å². The van der Waals surface area contributed by atoms with Gasteiger partial charge >= 0.3 is 0 Å². The lowest BCUT2D eigenvalue weighted by atomic mass is 10.0. The molecule has 0 bridgehead atoms. The van der Waals surface area contributed by atoms with Crippen molar-refractivity contribution in [3.8, 4) is 5.75 Å². The van der Waals surface area contributed by atoms with Gasteiger partial charge in [-0.3, -0.25) is 0 Å². The van der Waals surface area contributed by atoms with Crippen LogP contribution in [0.25, 0.3) is 0 Å². The van der Waals surface area contributed by atoms with E-state index in [1.807, 2.05) is 6.07 Å². The molecule has 0 aromatic heterocycles. The first-order valence-corrected chi connectivity index (χ1v) is 6.96. The fourth-order valence-electron chi connectivity index (χ4n) is 1.91. The quantitative estimate of drug-likeness (QED) is 0.792. The molecule has 0 N–H and O–H groups in total. The molecule has 17 heavy (non-hydrogen) atoms. The zero-order valence-electron chi connectivity index (χ0n) is 9.62. The van der Waals surface area contributed by atoms with Crippen molar-refractivity contribution in [1.82, 2.24) is 0 Å². The van der Waals surface area contributed by atoms with Crippen molar-refractivity contribution in [3.63, 3.8) is 0 Å². The summed E-state index contributed by atoms with van der Waals surface area (Å²) in [5.41, 5.74) is 0.895. The highest BCUT2D eigenvalue weighted by Gasteiger charge is 2.14. The van der Waals surface area contributed by atoms with Gasteiger partial charge in [-0.25, -0.2) is 4.39 Å². The second kappa shape index (κ2) is 6.36. The third-order valence-corrected chi connectivity index (χ3v) is 3.56. The minimum atomic E-state index is -0.246. The Hall–Kier alpha value is -0.610. The molecule has 0 unspecified atom stereocenters. The number of ether oxygens (including phenoxy) is 2. The summed E-state index contributed by atoms with van der Waals surface area (Å²) in [7, 11) is 0. The van der Waals surface area contributed by atoms with Gasteiger partial charge in [0.2, 0.25) is 0 Å². The Morgan fingerprint density at radius 3 is 2.76 bits per heavy atom. The highest BCUT2D eigenvalue weighted by atomic mass is 79.9. The van der Waals surface area contributed by atoms with Crippen molar-refractivity contribution < 1.29 is 13.9 Å². The van der Waals surface area contributed by atoms with Crippen LogP contribution in [0.4, 0.5) is 4.39 Å². The van der Waals surface area contributed by atoms with Crippen molar-refractivity contribution in [2.45, 2.75) is 18.2 Å². The van der Waals surface area contributed by atoms with Crippen LogP contribution < -0.4 is 4.74 Å². The normalized spacial score (nSPS) is 17.1. The van der Waals surface area contributed by atoms with Crippen molar-refractivity contribution in [3.05, 3.63) is 29.6 Å². The van der Waals surface area contributed by atoms with Gasteiger partial charge in [-0.05, 0) is 36.5 Å². The first-order chi connectivity index (χ1) is 8.28. The van der Waals surface area contributed by atoms with E-state index in [1.165, 1.54) is 12.1 Å². The summed E-state index contributed by atoms with van der Waals surface area (Å²) in [4.78, 5) is 0. The van der Waals surface area contributed by atoms with E-state index < -0.39 is 0 Å². The van der Waals surface area contributed by atoms with Crippen LogP contribution in [0.15, 0.2) is 18.2 Å². The van der Waals surface area contributed by atoms with Crippen LogP contribution in [0, 0.1) is 11.7 Å². The molecule has 0 atom stereocenters. The lowest BCUT2D eigenvalue weighted by Crippen LogP contribution is -2.21. The minimum Gasteiger partial charge on any atom is -0.493 e. The first-order valence-electron chi connectivity index (χ1n) is 5.84. The van der Waals surface area contributed by atoms with Crippen LogP contribution in [0.3, 0.4) is 0 Å². The van der Waals surface area contributed by atoms with E-state index in [-0.39, 0.29) is 5.82 Å². The lowest BCUT2D eigenvalue weighted by Gasteiger charge is -2.22. The van der Waals surface area contributed by atoms with Crippen molar-refractivity contribution >= 4 is 15.9 Å². The Morgan fingerprint density at radius 1 is 1.29 bits per heavy atom. The molecule has 94 valence electrons.